The lowest BCUT2D eigenvalue weighted by molar-refractivity contribution is 0.0696. The van der Waals surface area contributed by atoms with Crippen molar-refractivity contribution in [2.24, 2.45) is 0 Å². The van der Waals surface area contributed by atoms with E-state index in [0.29, 0.717) is 51.8 Å². The number of likely N-dealkylation sites (N-methyl/N-ethyl adjacent to an activating group) is 1. The number of rotatable bonds is 5. The van der Waals surface area contributed by atoms with Crippen LogP contribution in [-0.4, -0.2) is 48.3 Å². The zero-order chi connectivity index (χ0) is 22.1. The Hall–Kier alpha value is -3.09. The Kier molecular flexibility index (Phi) is 5.85. The fourth-order valence-corrected chi connectivity index (χ4v) is 4.37. The van der Waals surface area contributed by atoms with E-state index in [9.17, 15) is 9.90 Å². The molecule has 0 aliphatic carbocycles. The molecule has 0 saturated heterocycles. The van der Waals surface area contributed by atoms with Crippen molar-refractivity contribution in [1.82, 2.24) is 9.88 Å². The summed E-state index contributed by atoms with van der Waals surface area (Å²) in [5.74, 6) is 0.0621. The Labute approximate surface area is 185 Å². The zero-order valence-electron chi connectivity index (χ0n) is 17.6. The van der Waals surface area contributed by atoms with E-state index in [1.165, 1.54) is 0 Å². The lowest BCUT2D eigenvalue weighted by Crippen LogP contribution is -2.31. The van der Waals surface area contributed by atoms with E-state index < -0.39 is 5.97 Å². The van der Waals surface area contributed by atoms with Gasteiger partial charge in [-0.2, -0.15) is 0 Å². The van der Waals surface area contributed by atoms with Gasteiger partial charge in [-0.1, -0.05) is 36.7 Å². The maximum atomic E-state index is 12.2. The van der Waals surface area contributed by atoms with E-state index in [-0.39, 0.29) is 0 Å². The largest absolute Gasteiger partial charge is 0.493 e. The number of carboxylic acid groups (broad SMARTS) is 1. The zero-order valence-corrected chi connectivity index (χ0v) is 18.4. The molecule has 1 aliphatic rings. The number of pyridine rings is 1. The van der Waals surface area contributed by atoms with Crippen LogP contribution < -0.4 is 9.47 Å². The number of ether oxygens (including phenoxy) is 2. The summed E-state index contributed by atoms with van der Waals surface area (Å²) in [4.78, 5) is 19.3. The summed E-state index contributed by atoms with van der Waals surface area (Å²) in [7, 11) is 3.10. The number of para-hydroxylation sites is 1. The predicted molar refractivity (Wildman–Crippen MR) is 122 cm³/mol. The van der Waals surface area contributed by atoms with Gasteiger partial charge in [-0.25, -0.2) is 9.78 Å². The van der Waals surface area contributed by atoms with E-state index >= 15 is 0 Å². The van der Waals surface area contributed by atoms with Crippen molar-refractivity contribution in [3.05, 3.63) is 63.8 Å². The van der Waals surface area contributed by atoms with Gasteiger partial charge in [0.1, 0.15) is 0 Å². The van der Waals surface area contributed by atoms with Crippen molar-refractivity contribution in [2.75, 3.05) is 27.3 Å². The normalized spacial score (nSPS) is 15.2. The van der Waals surface area contributed by atoms with E-state index in [0.717, 1.165) is 23.2 Å². The van der Waals surface area contributed by atoms with Crippen molar-refractivity contribution >= 4 is 40.1 Å². The van der Waals surface area contributed by atoms with Crippen molar-refractivity contribution in [3.63, 3.8) is 0 Å². The van der Waals surface area contributed by atoms with E-state index in [1.807, 2.05) is 36.4 Å². The molecule has 1 aromatic heterocycles. The van der Waals surface area contributed by atoms with Crippen LogP contribution in [0.4, 0.5) is 0 Å². The Morgan fingerprint density at radius 2 is 2.00 bits per heavy atom. The highest BCUT2D eigenvalue weighted by Gasteiger charge is 2.28. The molecule has 3 aromatic rings. The smallest absolute Gasteiger partial charge is 0.336 e. The van der Waals surface area contributed by atoms with Gasteiger partial charge in [0, 0.05) is 24.0 Å². The van der Waals surface area contributed by atoms with Crippen LogP contribution in [0.25, 0.3) is 22.6 Å². The molecule has 1 aliphatic heterocycles. The van der Waals surface area contributed by atoms with Gasteiger partial charge >= 0.3 is 5.97 Å². The number of aromatic nitrogens is 1. The Morgan fingerprint density at radius 1 is 1.23 bits per heavy atom. The first kappa shape index (κ1) is 21.2. The summed E-state index contributed by atoms with van der Waals surface area (Å²) < 4.78 is 10.8. The van der Waals surface area contributed by atoms with Gasteiger partial charge in [-0.15, -0.1) is 0 Å². The van der Waals surface area contributed by atoms with Crippen LogP contribution in [0.5, 0.6) is 11.5 Å². The van der Waals surface area contributed by atoms with Crippen molar-refractivity contribution in [2.45, 2.75) is 13.5 Å². The van der Waals surface area contributed by atoms with E-state index in [2.05, 4.69) is 11.8 Å². The second-order valence-corrected chi connectivity index (χ2v) is 7.75. The fraction of sp³-hybridized carbons (Fsp3) is 0.250. The number of carbonyl (C=O) groups is 1. The van der Waals surface area contributed by atoms with Crippen LogP contribution in [0, 0.1) is 0 Å². The van der Waals surface area contributed by atoms with Crippen LogP contribution in [0.15, 0.2) is 36.4 Å². The minimum atomic E-state index is -0.943. The highest BCUT2D eigenvalue weighted by Crippen LogP contribution is 2.38. The van der Waals surface area contributed by atoms with E-state index in [4.69, 9.17) is 26.1 Å². The standard InChI is InChI=1S/C24H23ClN2O4/c1-4-27-12-15(9-14-10-18(25)23(31-3)20(11-14)30-2)22-17(13-27)21(24(28)29)16-7-5-6-8-19(16)26-22/h5-11H,4,12-13H2,1-3H3,(H,28,29)/b15-9-. The number of aromatic carboxylic acids is 1. The maximum absolute atomic E-state index is 12.2. The second-order valence-electron chi connectivity index (χ2n) is 7.35. The maximum Gasteiger partial charge on any atom is 0.336 e. The molecular formula is C24H23ClN2O4. The highest BCUT2D eigenvalue weighted by atomic mass is 35.5. The van der Waals surface area contributed by atoms with Gasteiger partial charge < -0.3 is 14.6 Å². The number of benzene rings is 2. The second kappa shape index (κ2) is 8.57. The van der Waals surface area contributed by atoms with E-state index in [1.54, 1.807) is 20.3 Å². The molecule has 0 saturated carbocycles. The topological polar surface area (TPSA) is 71.9 Å². The van der Waals surface area contributed by atoms with Crippen molar-refractivity contribution in [1.29, 1.82) is 0 Å². The first-order valence-electron chi connectivity index (χ1n) is 9.96. The van der Waals surface area contributed by atoms with Crippen LogP contribution >= 0.6 is 11.6 Å². The first-order valence-corrected chi connectivity index (χ1v) is 10.3. The van der Waals surface area contributed by atoms with Crippen LogP contribution in [-0.2, 0) is 6.54 Å². The minimum Gasteiger partial charge on any atom is -0.493 e. The lowest BCUT2D eigenvalue weighted by atomic mass is 9.92. The third-order valence-corrected chi connectivity index (χ3v) is 5.81. The molecule has 0 unspecified atom stereocenters. The fourth-order valence-electron chi connectivity index (χ4n) is 4.07. The average molecular weight is 439 g/mol. The molecule has 0 bridgehead atoms. The molecule has 0 atom stereocenters. The van der Waals surface area contributed by atoms with Crippen molar-refractivity contribution in [3.8, 4) is 11.5 Å². The number of hydrogen-bond acceptors (Lipinski definition) is 5. The molecule has 7 heteroatoms. The number of fused-ring (bicyclic) bond motifs is 2. The van der Waals surface area contributed by atoms with Crippen LogP contribution in [0.2, 0.25) is 5.02 Å². The number of halogens is 1. The molecule has 0 amide bonds. The van der Waals surface area contributed by atoms with Gasteiger partial charge in [0.15, 0.2) is 11.5 Å². The number of methoxy groups -OCH3 is 2. The highest BCUT2D eigenvalue weighted by molar-refractivity contribution is 6.32. The Morgan fingerprint density at radius 3 is 2.68 bits per heavy atom. The molecule has 2 aromatic carbocycles. The minimum absolute atomic E-state index is 0.315. The van der Waals surface area contributed by atoms with Gasteiger partial charge in [0.25, 0.3) is 0 Å². The van der Waals surface area contributed by atoms with Gasteiger partial charge in [0.05, 0.1) is 36.0 Å². The number of hydrogen-bond donors (Lipinski definition) is 1. The summed E-state index contributed by atoms with van der Waals surface area (Å²) in [6.07, 6.45) is 1.99. The monoisotopic (exact) mass is 438 g/mol. The molecule has 0 fully saturated rings. The quantitative estimate of drug-likeness (QED) is 0.605. The summed E-state index contributed by atoms with van der Waals surface area (Å²) in [5, 5.41) is 11.1. The third-order valence-electron chi connectivity index (χ3n) is 5.53. The van der Waals surface area contributed by atoms with Crippen molar-refractivity contribution < 1.29 is 19.4 Å². The molecule has 0 spiro atoms. The molecule has 4 rings (SSSR count). The van der Waals surface area contributed by atoms with Gasteiger partial charge in [-0.05, 0) is 42.0 Å². The number of nitrogens with zero attached hydrogens (tertiary/aromatic N) is 2. The van der Waals surface area contributed by atoms with Crippen LogP contribution in [0.3, 0.4) is 0 Å². The van der Waals surface area contributed by atoms with Crippen LogP contribution in [0.1, 0.15) is 34.1 Å². The van der Waals surface area contributed by atoms with Gasteiger partial charge in [-0.3, -0.25) is 4.90 Å². The third kappa shape index (κ3) is 3.84. The molecular weight excluding hydrogens is 416 g/mol. The number of carboxylic acids is 1. The SMILES string of the molecule is CCN1C/C(=C/c2cc(Cl)c(OC)c(OC)c2)c2nc3ccccc3c(C(=O)O)c2C1. The molecule has 0 radical (unpaired) electrons. The molecule has 2 heterocycles. The molecule has 160 valence electrons. The molecule has 31 heavy (non-hydrogen) atoms. The lowest BCUT2D eigenvalue weighted by Gasteiger charge is -2.30. The molecule has 6 nitrogen and oxygen atoms in total. The summed E-state index contributed by atoms with van der Waals surface area (Å²) >= 11 is 6.39. The summed E-state index contributed by atoms with van der Waals surface area (Å²) in [5.41, 5.74) is 4.19. The summed E-state index contributed by atoms with van der Waals surface area (Å²) in [6.45, 7) is 4.04. The average Bonchev–Trinajstić information content (AvgIpc) is 2.76. The first-order chi connectivity index (χ1) is 15.0. The molecule has 1 N–H and O–H groups in total. The Balaban J connectivity index is 1.96. The predicted octanol–water partition coefficient (Wildman–Crippen LogP) is 4.98. The summed E-state index contributed by atoms with van der Waals surface area (Å²) in [6, 6.07) is 11.0. The van der Waals surface area contributed by atoms with Gasteiger partial charge in [0.2, 0.25) is 0 Å². The Bertz CT molecular complexity index is 1210.